The van der Waals surface area contributed by atoms with Crippen LogP contribution in [0.4, 0.5) is 4.79 Å². The fourth-order valence-corrected chi connectivity index (χ4v) is 4.90. The average molecular weight is 440 g/mol. The van der Waals surface area contributed by atoms with Gasteiger partial charge in [0.15, 0.2) is 9.84 Å². The standard InChI is InChI=1S/C19H29N5O5S/c1-5-23(18(26)27)17(25)14(20)11-19(3,4)30(28,29)10-6-9-24-13(2)22-15-12-21-8-7-16(15)24/h7-8,12,14H,5-6,9-11,20H2,1-4H3,(H,26,27)/t14-/m0/s1. The van der Waals surface area contributed by atoms with Gasteiger partial charge in [0.25, 0.3) is 0 Å². The first-order valence-electron chi connectivity index (χ1n) is 9.70. The van der Waals surface area contributed by atoms with Crippen molar-refractivity contribution in [2.24, 2.45) is 5.73 Å². The number of nitrogens with zero attached hydrogens (tertiary/aromatic N) is 4. The van der Waals surface area contributed by atoms with Crippen LogP contribution < -0.4 is 5.73 Å². The van der Waals surface area contributed by atoms with Gasteiger partial charge in [-0.2, -0.15) is 0 Å². The van der Waals surface area contributed by atoms with Crippen molar-refractivity contribution < 1.29 is 23.1 Å². The normalized spacial score (nSPS) is 13.4. The minimum absolute atomic E-state index is 0.0528. The maximum absolute atomic E-state index is 12.9. The number of pyridine rings is 1. The number of carbonyl (C=O) groups excluding carboxylic acids is 1. The van der Waals surface area contributed by atoms with E-state index in [0.29, 0.717) is 17.9 Å². The number of hydrogen-bond acceptors (Lipinski definition) is 7. The largest absolute Gasteiger partial charge is 0.465 e. The topological polar surface area (TPSA) is 148 Å². The number of carbonyl (C=O) groups is 2. The van der Waals surface area contributed by atoms with Gasteiger partial charge in [0.05, 0.1) is 28.3 Å². The maximum Gasteiger partial charge on any atom is 0.414 e. The summed E-state index contributed by atoms with van der Waals surface area (Å²) in [5.74, 6) is -0.125. The number of aryl methyl sites for hydroxylation is 2. The first kappa shape index (κ1) is 23.7. The fourth-order valence-electron chi connectivity index (χ4n) is 3.40. The molecule has 166 valence electrons. The molecule has 0 aliphatic heterocycles. The van der Waals surface area contributed by atoms with Crippen LogP contribution in [-0.2, 0) is 21.2 Å². The highest BCUT2D eigenvalue weighted by Crippen LogP contribution is 2.25. The lowest BCUT2D eigenvalue weighted by Crippen LogP contribution is -2.50. The summed E-state index contributed by atoms with van der Waals surface area (Å²) in [5, 5.41) is 9.07. The van der Waals surface area contributed by atoms with E-state index in [4.69, 9.17) is 10.8 Å². The van der Waals surface area contributed by atoms with Crippen molar-refractivity contribution in [1.82, 2.24) is 19.4 Å². The van der Waals surface area contributed by atoms with E-state index >= 15 is 0 Å². The minimum atomic E-state index is -3.60. The van der Waals surface area contributed by atoms with Gasteiger partial charge >= 0.3 is 6.09 Å². The average Bonchev–Trinajstić information content (AvgIpc) is 2.96. The number of fused-ring (bicyclic) bond motifs is 1. The zero-order valence-electron chi connectivity index (χ0n) is 17.7. The van der Waals surface area contributed by atoms with Crippen LogP contribution in [0.2, 0.25) is 0 Å². The van der Waals surface area contributed by atoms with Gasteiger partial charge in [0.1, 0.15) is 11.3 Å². The Morgan fingerprint density at radius 1 is 1.37 bits per heavy atom. The number of amides is 2. The van der Waals surface area contributed by atoms with Crippen molar-refractivity contribution in [1.29, 1.82) is 0 Å². The number of nitrogens with two attached hydrogens (primary N) is 1. The second kappa shape index (κ2) is 9.09. The molecule has 0 radical (unpaired) electrons. The lowest BCUT2D eigenvalue weighted by atomic mass is 10.0. The Labute approximate surface area is 176 Å². The predicted octanol–water partition coefficient (Wildman–Crippen LogP) is 1.57. The maximum atomic E-state index is 12.9. The van der Waals surface area contributed by atoms with Crippen LogP contribution in [0, 0.1) is 6.92 Å². The van der Waals surface area contributed by atoms with Crippen molar-refractivity contribution in [3.8, 4) is 0 Å². The highest BCUT2D eigenvalue weighted by atomic mass is 32.2. The molecule has 2 rings (SSSR count). The van der Waals surface area contributed by atoms with E-state index in [1.165, 1.54) is 20.8 Å². The highest BCUT2D eigenvalue weighted by Gasteiger charge is 2.38. The van der Waals surface area contributed by atoms with Crippen LogP contribution in [0.1, 0.15) is 39.4 Å². The zero-order valence-corrected chi connectivity index (χ0v) is 18.5. The van der Waals surface area contributed by atoms with Gasteiger partial charge in [0.2, 0.25) is 5.91 Å². The number of imidazole rings is 1. The Hall–Kier alpha value is -2.53. The third kappa shape index (κ3) is 4.96. The molecule has 0 unspecified atom stereocenters. The summed E-state index contributed by atoms with van der Waals surface area (Å²) in [6.45, 7) is 6.80. The number of aromatic nitrogens is 3. The molecule has 2 aromatic heterocycles. The molecule has 3 N–H and O–H groups in total. The summed E-state index contributed by atoms with van der Waals surface area (Å²) >= 11 is 0. The molecule has 2 heterocycles. The molecule has 30 heavy (non-hydrogen) atoms. The number of rotatable bonds is 9. The zero-order chi connectivity index (χ0) is 22.7. The summed E-state index contributed by atoms with van der Waals surface area (Å²) in [7, 11) is -3.60. The summed E-state index contributed by atoms with van der Waals surface area (Å²) in [6.07, 6.45) is 2.11. The van der Waals surface area contributed by atoms with Crippen molar-refractivity contribution in [3.05, 3.63) is 24.3 Å². The molecule has 0 aromatic carbocycles. The molecular formula is C19H29N5O5S. The number of sulfone groups is 1. The summed E-state index contributed by atoms with van der Waals surface area (Å²) in [6, 6.07) is 0.610. The molecule has 1 atom stereocenters. The van der Waals surface area contributed by atoms with Crippen molar-refractivity contribution in [2.45, 2.75) is 57.9 Å². The van der Waals surface area contributed by atoms with E-state index in [0.717, 1.165) is 16.9 Å². The van der Waals surface area contributed by atoms with E-state index in [-0.39, 0.29) is 18.7 Å². The Morgan fingerprint density at radius 3 is 2.63 bits per heavy atom. The molecule has 0 fully saturated rings. The summed E-state index contributed by atoms with van der Waals surface area (Å²) in [5.41, 5.74) is 7.51. The first-order valence-corrected chi connectivity index (χ1v) is 11.4. The minimum Gasteiger partial charge on any atom is -0.465 e. The molecule has 11 heteroatoms. The smallest absolute Gasteiger partial charge is 0.414 e. The summed E-state index contributed by atoms with van der Waals surface area (Å²) in [4.78, 5) is 32.4. The van der Waals surface area contributed by atoms with Gasteiger partial charge in [-0.05, 0) is 46.6 Å². The van der Waals surface area contributed by atoms with E-state index < -0.39 is 32.6 Å². The third-order valence-electron chi connectivity index (χ3n) is 5.22. The van der Waals surface area contributed by atoms with E-state index in [1.54, 1.807) is 12.4 Å². The number of imide groups is 1. The van der Waals surface area contributed by atoms with Crippen LogP contribution in [0.25, 0.3) is 11.0 Å². The Kier molecular flexibility index (Phi) is 7.19. The highest BCUT2D eigenvalue weighted by molar-refractivity contribution is 7.92. The number of carboxylic acid groups (broad SMARTS) is 1. The Morgan fingerprint density at radius 2 is 2.03 bits per heavy atom. The van der Waals surface area contributed by atoms with Gasteiger partial charge in [-0.3, -0.25) is 9.78 Å². The molecular weight excluding hydrogens is 410 g/mol. The van der Waals surface area contributed by atoms with Crippen LogP contribution in [0.15, 0.2) is 18.5 Å². The van der Waals surface area contributed by atoms with Gasteiger partial charge in [0, 0.05) is 19.3 Å². The third-order valence-corrected chi connectivity index (χ3v) is 7.90. The molecule has 0 bridgehead atoms. The molecule has 0 saturated heterocycles. The lowest BCUT2D eigenvalue weighted by molar-refractivity contribution is -0.130. The van der Waals surface area contributed by atoms with Crippen LogP contribution in [0.5, 0.6) is 0 Å². The monoisotopic (exact) mass is 439 g/mol. The predicted molar refractivity (Wildman–Crippen MR) is 113 cm³/mol. The van der Waals surface area contributed by atoms with Gasteiger partial charge < -0.3 is 15.4 Å². The van der Waals surface area contributed by atoms with Gasteiger partial charge in [-0.1, -0.05) is 0 Å². The van der Waals surface area contributed by atoms with Crippen LogP contribution in [0.3, 0.4) is 0 Å². The fraction of sp³-hybridized carbons (Fsp3) is 0.579. The number of likely N-dealkylation sites (N-methyl/N-ethyl adjacent to an activating group) is 1. The van der Waals surface area contributed by atoms with E-state index in [2.05, 4.69) is 9.97 Å². The van der Waals surface area contributed by atoms with Crippen LogP contribution in [-0.4, -0.2) is 68.0 Å². The van der Waals surface area contributed by atoms with E-state index in [9.17, 15) is 18.0 Å². The Bertz CT molecular complexity index is 1030. The molecule has 0 saturated carbocycles. The molecule has 2 aromatic rings. The van der Waals surface area contributed by atoms with E-state index in [1.807, 2.05) is 17.6 Å². The number of hydrogen-bond donors (Lipinski definition) is 2. The van der Waals surface area contributed by atoms with Gasteiger partial charge in [-0.25, -0.2) is 23.1 Å². The molecule has 10 nitrogen and oxygen atoms in total. The molecule has 2 amide bonds. The molecule has 0 aliphatic carbocycles. The van der Waals surface area contributed by atoms with Crippen LogP contribution >= 0.6 is 0 Å². The quantitative estimate of drug-likeness (QED) is 0.598. The second-order valence-corrected chi connectivity index (χ2v) is 10.5. The van der Waals surface area contributed by atoms with Crippen molar-refractivity contribution in [2.75, 3.05) is 12.3 Å². The molecule has 0 spiro atoms. The van der Waals surface area contributed by atoms with Crippen molar-refractivity contribution >= 4 is 32.9 Å². The lowest BCUT2D eigenvalue weighted by Gasteiger charge is -2.29. The van der Waals surface area contributed by atoms with Gasteiger partial charge in [-0.15, -0.1) is 0 Å². The summed E-state index contributed by atoms with van der Waals surface area (Å²) < 4.78 is 26.5. The molecule has 0 aliphatic rings. The SMILES string of the molecule is CCN(C(=O)O)C(=O)[C@@H](N)CC(C)(C)S(=O)(=O)CCCn1c(C)nc2cnccc21. The van der Waals surface area contributed by atoms with Crippen molar-refractivity contribution in [3.63, 3.8) is 0 Å². The second-order valence-electron chi connectivity index (χ2n) is 7.78. The first-order chi connectivity index (χ1) is 13.9. The Balaban J connectivity index is 2.05.